The largest absolute Gasteiger partial charge is 0.339 e. The molecule has 0 radical (unpaired) electrons. The molecule has 1 heterocycles. The highest BCUT2D eigenvalue weighted by molar-refractivity contribution is 5.80. The molecule has 1 aliphatic heterocycles. The molecule has 0 bridgehead atoms. The number of amides is 1. The van der Waals surface area contributed by atoms with Crippen LogP contribution < -0.4 is 5.73 Å². The molecule has 3 nitrogen and oxygen atoms in total. The highest BCUT2D eigenvalue weighted by Crippen LogP contribution is 2.39. The number of fused-ring (bicyclic) bond motifs is 1. The summed E-state index contributed by atoms with van der Waals surface area (Å²) < 4.78 is 0. The molecule has 3 rings (SSSR count). The number of likely N-dealkylation sites (tertiary alicyclic amines) is 1. The van der Waals surface area contributed by atoms with Crippen molar-refractivity contribution >= 4 is 5.91 Å². The maximum atomic E-state index is 12.9. The highest BCUT2D eigenvalue weighted by Gasteiger charge is 2.41. The van der Waals surface area contributed by atoms with Gasteiger partial charge in [0.2, 0.25) is 5.91 Å². The van der Waals surface area contributed by atoms with Crippen molar-refractivity contribution < 1.29 is 4.79 Å². The summed E-state index contributed by atoms with van der Waals surface area (Å²) in [7, 11) is 0. The molecule has 108 valence electrons. The lowest BCUT2D eigenvalue weighted by Gasteiger charge is -2.45. The summed E-state index contributed by atoms with van der Waals surface area (Å²) in [5, 5.41) is 0. The predicted molar refractivity (Wildman–Crippen MR) is 76.6 cm³/mol. The second kappa shape index (κ2) is 5.82. The van der Waals surface area contributed by atoms with Crippen LogP contribution in [0.2, 0.25) is 0 Å². The van der Waals surface area contributed by atoms with Crippen molar-refractivity contribution in [1.29, 1.82) is 0 Å². The maximum Gasteiger partial charge on any atom is 0.226 e. The van der Waals surface area contributed by atoms with Crippen LogP contribution in [0.3, 0.4) is 0 Å². The third-order valence-electron chi connectivity index (χ3n) is 5.81. The fraction of sp³-hybridized carbons (Fsp3) is 0.938. The monoisotopic (exact) mass is 264 g/mol. The number of piperidine rings is 1. The Morgan fingerprint density at radius 3 is 2.63 bits per heavy atom. The lowest BCUT2D eigenvalue weighted by Crippen LogP contribution is -2.52. The maximum absolute atomic E-state index is 12.9. The summed E-state index contributed by atoms with van der Waals surface area (Å²) in [6.07, 6.45) is 11.3. The fourth-order valence-corrected chi connectivity index (χ4v) is 4.76. The molecule has 3 aliphatic rings. The Morgan fingerprint density at radius 2 is 1.79 bits per heavy atom. The molecule has 2 N–H and O–H groups in total. The van der Waals surface area contributed by atoms with E-state index in [1.54, 1.807) is 0 Å². The quantitative estimate of drug-likeness (QED) is 0.833. The molecule has 1 amide bonds. The van der Waals surface area contributed by atoms with E-state index in [0.29, 0.717) is 24.4 Å². The number of nitrogens with zero attached hydrogens (tertiary/aromatic N) is 1. The van der Waals surface area contributed by atoms with Gasteiger partial charge >= 0.3 is 0 Å². The van der Waals surface area contributed by atoms with Crippen LogP contribution in [-0.4, -0.2) is 29.9 Å². The van der Waals surface area contributed by atoms with Crippen LogP contribution in [0.5, 0.6) is 0 Å². The van der Waals surface area contributed by atoms with Crippen LogP contribution in [0.15, 0.2) is 0 Å². The molecule has 0 aromatic carbocycles. The minimum Gasteiger partial charge on any atom is -0.339 e. The van der Waals surface area contributed by atoms with Gasteiger partial charge in [0.25, 0.3) is 0 Å². The van der Waals surface area contributed by atoms with Crippen LogP contribution in [0, 0.1) is 17.8 Å². The van der Waals surface area contributed by atoms with Gasteiger partial charge in [-0.1, -0.05) is 19.3 Å². The molecular formula is C16H28N2O. The van der Waals surface area contributed by atoms with Gasteiger partial charge in [-0.05, 0) is 56.9 Å². The first-order chi connectivity index (χ1) is 9.31. The van der Waals surface area contributed by atoms with Crippen LogP contribution in [-0.2, 0) is 4.79 Å². The molecular weight excluding hydrogens is 236 g/mol. The summed E-state index contributed by atoms with van der Waals surface area (Å²) >= 11 is 0. The molecule has 0 aromatic heterocycles. The number of hydrogen-bond acceptors (Lipinski definition) is 2. The van der Waals surface area contributed by atoms with Gasteiger partial charge in [-0.15, -0.1) is 0 Å². The number of hydrogen-bond donors (Lipinski definition) is 1. The summed E-state index contributed by atoms with van der Waals surface area (Å²) in [4.78, 5) is 15.2. The average molecular weight is 264 g/mol. The topological polar surface area (TPSA) is 46.3 Å². The normalized spacial score (nSPS) is 39.1. The first kappa shape index (κ1) is 13.4. The van der Waals surface area contributed by atoms with Crippen LogP contribution >= 0.6 is 0 Å². The van der Waals surface area contributed by atoms with Crippen molar-refractivity contribution in [2.75, 3.05) is 13.1 Å². The third kappa shape index (κ3) is 2.54. The molecule has 19 heavy (non-hydrogen) atoms. The van der Waals surface area contributed by atoms with Gasteiger partial charge in [0.05, 0.1) is 0 Å². The predicted octanol–water partition coefficient (Wildman–Crippen LogP) is 2.54. The second-order valence-corrected chi connectivity index (χ2v) is 6.82. The Hall–Kier alpha value is -0.570. The van der Waals surface area contributed by atoms with Gasteiger partial charge in [-0.3, -0.25) is 4.79 Å². The molecule has 2 saturated carbocycles. The standard InChI is InChI=1S/C16H28N2O/c17-11-13-6-3-8-14(13)16(19)18-10-4-7-12-5-1-2-9-15(12)18/h12-15H,1-11,17H2. The first-order valence-electron chi connectivity index (χ1n) is 8.32. The van der Waals surface area contributed by atoms with E-state index in [0.717, 1.165) is 25.3 Å². The van der Waals surface area contributed by atoms with E-state index < -0.39 is 0 Å². The number of nitrogens with two attached hydrogens (primary N) is 1. The zero-order valence-electron chi connectivity index (χ0n) is 12.0. The van der Waals surface area contributed by atoms with Gasteiger partial charge in [0.1, 0.15) is 0 Å². The summed E-state index contributed by atoms with van der Waals surface area (Å²) in [6.45, 7) is 1.70. The Morgan fingerprint density at radius 1 is 1.00 bits per heavy atom. The summed E-state index contributed by atoms with van der Waals surface area (Å²) in [6, 6.07) is 0.564. The molecule has 0 aromatic rings. The van der Waals surface area contributed by atoms with Crippen molar-refractivity contribution in [2.45, 2.75) is 63.8 Å². The zero-order valence-corrected chi connectivity index (χ0v) is 12.0. The van der Waals surface area contributed by atoms with E-state index in [2.05, 4.69) is 4.90 Å². The minimum atomic E-state index is 0.241. The Kier molecular flexibility index (Phi) is 4.11. The van der Waals surface area contributed by atoms with Gasteiger partial charge in [-0.2, -0.15) is 0 Å². The molecule has 4 atom stereocenters. The van der Waals surface area contributed by atoms with E-state index in [1.807, 2.05) is 0 Å². The van der Waals surface area contributed by atoms with Crippen LogP contribution in [0.25, 0.3) is 0 Å². The molecule has 4 unspecified atom stereocenters. The average Bonchev–Trinajstić information content (AvgIpc) is 2.94. The Balaban J connectivity index is 1.71. The molecule has 2 aliphatic carbocycles. The molecule has 1 saturated heterocycles. The van der Waals surface area contributed by atoms with Gasteiger partial charge in [-0.25, -0.2) is 0 Å². The van der Waals surface area contributed by atoms with E-state index in [9.17, 15) is 4.79 Å². The van der Waals surface area contributed by atoms with Gasteiger partial charge in [0.15, 0.2) is 0 Å². The lowest BCUT2D eigenvalue weighted by molar-refractivity contribution is -0.143. The number of carbonyl (C=O) groups is 1. The van der Waals surface area contributed by atoms with Crippen LogP contribution in [0.4, 0.5) is 0 Å². The highest BCUT2D eigenvalue weighted by atomic mass is 16.2. The van der Waals surface area contributed by atoms with Gasteiger partial charge < -0.3 is 10.6 Å². The van der Waals surface area contributed by atoms with Crippen molar-refractivity contribution in [2.24, 2.45) is 23.5 Å². The van der Waals surface area contributed by atoms with Crippen LogP contribution in [0.1, 0.15) is 57.8 Å². The SMILES string of the molecule is NCC1CCCC1C(=O)N1CCCC2CCCCC21. The smallest absolute Gasteiger partial charge is 0.226 e. The zero-order chi connectivity index (χ0) is 13.2. The first-order valence-corrected chi connectivity index (χ1v) is 8.32. The van der Waals surface area contributed by atoms with E-state index in [4.69, 9.17) is 5.73 Å². The molecule has 0 spiro atoms. The second-order valence-electron chi connectivity index (χ2n) is 6.82. The number of carbonyl (C=O) groups excluding carboxylic acids is 1. The summed E-state index contributed by atoms with van der Waals surface area (Å²) in [5.74, 6) is 1.94. The van der Waals surface area contributed by atoms with E-state index in [-0.39, 0.29) is 5.92 Å². The third-order valence-corrected chi connectivity index (χ3v) is 5.81. The van der Waals surface area contributed by atoms with Crippen molar-refractivity contribution in [3.63, 3.8) is 0 Å². The van der Waals surface area contributed by atoms with Crippen molar-refractivity contribution in [3.05, 3.63) is 0 Å². The minimum absolute atomic E-state index is 0.241. The molecule has 3 fully saturated rings. The Bertz CT molecular complexity index is 329. The Labute approximate surface area is 116 Å². The van der Waals surface area contributed by atoms with E-state index >= 15 is 0 Å². The summed E-state index contributed by atoms with van der Waals surface area (Å²) in [5.41, 5.74) is 5.85. The fourth-order valence-electron chi connectivity index (χ4n) is 4.76. The van der Waals surface area contributed by atoms with Crippen molar-refractivity contribution in [1.82, 2.24) is 4.90 Å². The van der Waals surface area contributed by atoms with E-state index in [1.165, 1.54) is 44.9 Å². The molecule has 3 heteroatoms. The van der Waals surface area contributed by atoms with Crippen molar-refractivity contribution in [3.8, 4) is 0 Å². The number of rotatable bonds is 2. The van der Waals surface area contributed by atoms with Gasteiger partial charge in [0, 0.05) is 18.5 Å². The lowest BCUT2D eigenvalue weighted by atomic mass is 9.77.